The van der Waals surface area contributed by atoms with Crippen molar-refractivity contribution in [3.05, 3.63) is 64.7 Å². The molecular formula is C21H29IN4O2. The Hall–Kier alpha value is -2.29. The van der Waals surface area contributed by atoms with Crippen LogP contribution in [-0.2, 0) is 13.1 Å². The predicted molar refractivity (Wildman–Crippen MR) is 124 cm³/mol. The molecule has 0 aliphatic rings. The first-order valence-electron chi connectivity index (χ1n) is 8.98. The van der Waals surface area contributed by atoms with E-state index >= 15 is 0 Å². The first-order chi connectivity index (χ1) is 12.9. The van der Waals surface area contributed by atoms with Gasteiger partial charge in [0, 0.05) is 31.3 Å². The monoisotopic (exact) mass is 496 g/mol. The van der Waals surface area contributed by atoms with Gasteiger partial charge in [-0.05, 0) is 50.1 Å². The van der Waals surface area contributed by atoms with E-state index in [1.807, 2.05) is 39.0 Å². The number of carbonyl (C=O) groups is 1. The minimum Gasteiger partial charge on any atom is -0.491 e. The number of aryl methyl sites for hydroxylation is 1. The van der Waals surface area contributed by atoms with Crippen molar-refractivity contribution in [2.24, 2.45) is 10.7 Å². The number of nitrogens with one attached hydrogen (secondary N) is 2. The van der Waals surface area contributed by atoms with Crippen LogP contribution in [0.15, 0.2) is 47.5 Å². The zero-order valence-corrected chi connectivity index (χ0v) is 19.1. The van der Waals surface area contributed by atoms with E-state index in [2.05, 4.69) is 27.8 Å². The lowest BCUT2D eigenvalue weighted by atomic mass is 10.1. The topological polar surface area (TPSA) is 88.7 Å². The van der Waals surface area contributed by atoms with Crippen molar-refractivity contribution >= 4 is 35.8 Å². The zero-order chi connectivity index (χ0) is 19.8. The van der Waals surface area contributed by atoms with Crippen LogP contribution >= 0.6 is 24.0 Å². The first-order valence-corrected chi connectivity index (χ1v) is 8.98. The lowest BCUT2D eigenvalue weighted by Crippen LogP contribution is -2.36. The van der Waals surface area contributed by atoms with Crippen LogP contribution in [0, 0.1) is 6.92 Å². The van der Waals surface area contributed by atoms with E-state index in [4.69, 9.17) is 10.5 Å². The van der Waals surface area contributed by atoms with Crippen LogP contribution in [0.2, 0.25) is 0 Å². The van der Waals surface area contributed by atoms with Gasteiger partial charge in [-0.15, -0.1) is 24.0 Å². The van der Waals surface area contributed by atoms with Crippen LogP contribution < -0.4 is 21.1 Å². The van der Waals surface area contributed by atoms with Gasteiger partial charge in [0.05, 0.1) is 6.10 Å². The Morgan fingerprint density at radius 2 is 1.86 bits per heavy atom. The Morgan fingerprint density at radius 1 is 1.14 bits per heavy atom. The highest BCUT2D eigenvalue weighted by atomic mass is 127. The van der Waals surface area contributed by atoms with Gasteiger partial charge in [-0.1, -0.05) is 24.3 Å². The van der Waals surface area contributed by atoms with Gasteiger partial charge in [-0.2, -0.15) is 0 Å². The van der Waals surface area contributed by atoms with Gasteiger partial charge in [-0.25, -0.2) is 0 Å². The number of halogens is 1. The molecule has 0 saturated carbocycles. The molecule has 0 heterocycles. The molecule has 7 heteroatoms. The average molecular weight is 496 g/mol. The molecule has 0 unspecified atom stereocenters. The molecule has 0 spiro atoms. The first kappa shape index (κ1) is 23.7. The van der Waals surface area contributed by atoms with Gasteiger partial charge in [0.2, 0.25) is 5.91 Å². The Labute approximate surface area is 184 Å². The highest BCUT2D eigenvalue weighted by Gasteiger charge is 2.08. The maximum Gasteiger partial charge on any atom is 0.248 e. The predicted octanol–water partition coefficient (Wildman–Crippen LogP) is 3.36. The van der Waals surface area contributed by atoms with Gasteiger partial charge in [0.1, 0.15) is 5.75 Å². The highest BCUT2D eigenvalue weighted by molar-refractivity contribution is 14.0. The van der Waals surface area contributed by atoms with E-state index < -0.39 is 5.91 Å². The molecular weight excluding hydrogens is 467 g/mol. The largest absolute Gasteiger partial charge is 0.491 e. The van der Waals surface area contributed by atoms with Crippen molar-refractivity contribution in [2.45, 2.75) is 40.0 Å². The molecule has 4 N–H and O–H groups in total. The average Bonchev–Trinajstić information content (AvgIpc) is 2.63. The molecule has 2 aromatic carbocycles. The van der Waals surface area contributed by atoms with E-state index in [0.29, 0.717) is 24.6 Å². The van der Waals surface area contributed by atoms with Crippen molar-refractivity contribution in [1.82, 2.24) is 10.6 Å². The fourth-order valence-corrected chi connectivity index (χ4v) is 2.59. The molecule has 28 heavy (non-hydrogen) atoms. The standard InChI is InChI=1S/C21H28N4O2.HI/c1-14(2)27-19-10-15(3)8-9-18(19)13-25-21(23-4)24-12-16-6-5-7-17(11-16)20(22)26;/h5-11,14H,12-13H2,1-4H3,(H2,22,26)(H2,23,24,25);1H. The van der Waals surface area contributed by atoms with Crippen LogP contribution in [0.3, 0.4) is 0 Å². The zero-order valence-electron chi connectivity index (χ0n) is 16.8. The number of hydrogen-bond donors (Lipinski definition) is 3. The number of benzene rings is 2. The number of primary amides is 1. The fourth-order valence-electron chi connectivity index (χ4n) is 2.59. The maximum absolute atomic E-state index is 11.3. The number of hydrogen-bond acceptors (Lipinski definition) is 3. The number of nitrogens with two attached hydrogens (primary N) is 1. The second-order valence-corrected chi connectivity index (χ2v) is 6.62. The molecule has 0 aliphatic heterocycles. The van der Waals surface area contributed by atoms with Crippen molar-refractivity contribution < 1.29 is 9.53 Å². The number of rotatable bonds is 7. The third-order valence-corrected chi connectivity index (χ3v) is 3.93. The van der Waals surface area contributed by atoms with E-state index in [-0.39, 0.29) is 30.1 Å². The van der Waals surface area contributed by atoms with Gasteiger partial charge in [-0.3, -0.25) is 9.79 Å². The Morgan fingerprint density at radius 3 is 2.50 bits per heavy atom. The third-order valence-electron chi connectivity index (χ3n) is 3.93. The lowest BCUT2D eigenvalue weighted by Gasteiger charge is -2.17. The van der Waals surface area contributed by atoms with Crippen molar-refractivity contribution in [3.8, 4) is 5.75 Å². The summed E-state index contributed by atoms with van der Waals surface area (Å²) in [4.78, 5) is 15.5. The van der Waals surface area contributed by atoms with Crippen LogP contribution in [0.25, 0.3) is 0 Å². The fraction of sp³-hybridized carbons (Fsp3) is 0.333. The number of amides is 1. The highest BCUT2D eigenvalue weighted by Crippen LogP contribution is 2.21. The maximum atomic E-state index is 11.3. The number of aliphatic imine (C=N–C) groups is 1. The molecule has 0 atom stereocenters. The van der Waals surface area contributed by atoms with Gasteiger partial charge >= 0.3 is 0 Å². The summed E-state index contributed by atoms with van der Waals surface area (Å²) in [6, 6.07) is 13.4. The number of carbonyl (C=O) groups excluding carboxylic acids is 1. The normalized spacial score (nSPS) is 11.0. The summed E-state index contributed by atoms with van der Waals surface area (Å²) in [5.74, 6) is 1.11. The summed E-state index contributed by atoms with van der Waals surface area (Å²) in [5.41, 5.74) is 9.00. The van der Waals surface area contributed by atoms with Crippen molar-refractivity contribution in [3.63, 3.8) is 0 Å². The summed E-state index contributed by atoms with van der Waals surface area (Å²) < 4.78 is 5.91. The third kappa shape index (κ3) is 7.38. The number of nitrogens with zero attached hydrogens (tertiary/aromatic N) is 1. The summed E-state index contributed by atoms with van der Waals surface area (Å²) in [7, 11) is 1.72. The van der Waals surface area contributed by atoms with E-state index in [1.54, 1.807) is 19.2 Å². The molecule has 6 nitrogen and oxygen atoms in total. The van der Waals surface area contributed by atoms with Crippen LogP contribution in [0.5, 0.6) is 5.75 Å². The lowest BCUT2D eigenvalue weighted by molar-refractivity contribution is 0.1000. The summed E-state index contributed by atoms with van der Waals surface area (Å²) in [5, 5.41) is 6.53. The number of guanidine groups is 1. The smallest absolute Gasteiger partial charge is 0.248 e. The molecule has 0 bridgehead atoms. The molecule has 0 saturated heterocycles. The summed E-state index contributed by atoms with van der Waals surface area (Å²) in [6.07, 6.45) is 0.112. The molecule has 2 aromatic rings. The molecule has 152 valence electrons. The number of ether oxygens (including phenoxy) is 1. The SMILES string of the molecule is CN=C(NCc1cccc(C(N)=O)c1)NCc1ccc(C)cc1OC(C)C.I. The van der Waals surface area contributed by atoms with Gasteiger partial charge in [0.25, 0.3) is 0 Å². The Bertz CT molecular complexity index is 822. The van der Waals surface area contributed by atoms with Crippen LogP contribution in [0.1, 0.15) is 40.9 Å². The second-order valence-electron chi connectivity index (χ2n) is 6.62. The van der Waals surface area contributed by atoms with Gasteiger partial charge < -0.3 is 21.1 Å². The molecule has 0 aliphatic carbocycles. The molecule has 0 fully saturated rings. The summed E-state index contributed by atoms with van der Waals surface area (Å²) >= 11 is 0. The van der Waals surface area contributed by atoms with E-state index in [1.165, 1.54) is 0 Å². The van der Waals surface area contributed by atoms with E-state index in [0.717, 1.165) is 22.4 Å². The van der Waals surface area contributed by atoms with Crippen LogP contribution in [0.4, 0.5) is 0 Å². The van der Waals surface area contributed by atoms with Crippen molar-refractivity contribution in [2.75, 3.05) is 7.05 Å². The van der Waals surface area contributed by atoms with Gasteiger partial charge in [0.15, 0.2) is 5.96 Å². The summed E-state index contributed by atoms with van der Waals surface area (Å²) in [6.45, 7) is 7.19. The van der Waals surface area contributed by atoms with E-state index in [9.17, 15) is 4.79 Å². The van der Waals surface area contributed by atoms with Crippen LogP contribution in [-0.4, -0.2) is 25.0 Å². The second kappa shape index (κ2) is 11.5. The molecule has 2 rings (SSSR count). The quantitative estimate of drug-likeness (QED) is 0.312. The minimum atomic E-state index is -0.434. The Kier molecular flexibility index (Phi) is 9.78. The Balaban J connectivity index is 0.00000392. The molecule has 1 amide bonds. The molecule has 0 aromatic heterocycles. The van der Waals surface area contributed by atoms with Crippen molar-refractivity contribution in [1.29, 1.82) is 0 Å². The minimum absolute atomic E-state index is 0. The molecule has 0 radical (unpaired) electrons.